The van der Waals surface area contributed by atoms with Crippen LogP contribution in [0.2, 0.25) is 0 Å². The van der Waals surface area contributed by atoms with Gasteiger partial charge in [-0.25, -0.2) is 0 Å². The summed E-state index contributed by atoms with van der Waals surface area (Å²) in [5.41, 5.74) is 1.06. The summed E-state index contributed by atoms with van der Waals surface area (Å²) in [6, 6.07) is 7.69. The summed E-state index contributed by atoms with van der Waals surface area (Å²) in [4.78, 5) is 28.0. The Morgan fingerprint density at radius 1 is 1.22 bits per heavy atom. The van der Waals surface area contributed by atoms with E-state index >= 15 is 0 Å². The summed E-state index contributed by atoms with van der Waals surface area (Å²) < 4.78 is 5.17. The first-order chi connectivity index (χ1) is 11.1. The van der Waals surface area contributed by atoms with Crippen LogP contribution in [0.4, 0.5) is 0 Å². The van der Waals surface area contributed by atoms with Crippen LogP contribution < -0.4 is 10.1 Å². The van der Waals surface area contributed by atoms with Crippen molar-refractivity contribution in [2.24, 2.45) is 0 Å². The Bertz CT molecular complexity index is 540. The number of methoxy groups -OCH3 is 1. The van der Waals surface area contributed by atoms with Crippen molar-refractivity contribution in [1.82, 2.24) is 15.1 Å². The van der Waals surface area contributed by atoms with Crippen LogP contribution in [0, 0.1) is 0 Å². The van der Waals surface area contributed by atoms with Crippen LogP contribution in [0.25, 0.3) is 0 Å². The molecule has 1 saturated heterocycles. The van der Waals surface area contributed by atoms with Gasteiger partial charge in [0.15, 0.2) is 0 Å². The summed E-state index contributed by atoms with van der Waals surface area (Å²) in [5.74, 6) is -0.150. The molecule has 2 amide bonds. The topological polar surface area (TPSA) is 61.9 Å². The number of carbonyl (C=O) groups excluding carboxylic acids is 2. The molecule has 0 aromatic heterocycles. The maximum atomic E-state index is 12.1. The molecule has 0 spiro atoms. The van der Waals surface area contributed by atoms with Crippen molar-refractivity contribution in [2.75, 3.05) is 46.4 Å². The first kappa shape index (κ1) is 17.3. The fourth-order valence-corrected chi connectivity index (χ4v) is 2.63. The molecule has 0 atom stereocenters. The SMILES string of the molecule is CCN1CCN(C(=O)C(=O)NCCc2cccc(OC)c2)CC1. The van der Waals surface area contributed by atoms with E-state index in [1.54, 1.807) is 12.0 Å². The third-order valence-corrected chi connectivity index (χ3v) is 4.13. The fraction of sp³-hybridized carbons (Fsp3) is 0.529. The van der Waals surface area contributed by atoms with Crippen LogP contribution in [0.5, 0.6) is 5.75 Å². The highest BCUT2D eigenvalue weighted by Crippen LogP contribution is 2.12. The minimum atomic E-state index is -0.516. The van der Waals surface area contributed by atoms with E-state index in [4.69, 9.17) is 4.74 Å². The van der Waals surface area contributed by atoms with Crippen molar-refractivity contribution >= 4 is 11.8 Å². The van der Waals surface area contributed by atoms with Gasteiger partial charge < -0.3 is 19.9 Å². The number of likely N-dealkylation sites (N-methyl/N-ethyl adjacent to an activating group) is 1. The highest BCUT2D eigenvalue weighted by Gasteiger charge is 2.24. The molecule has 23 heavy (non-hydrogen) atoms. The first-order valence-electron chi connectivity index (χ1n) is 8.06. The van der Waals surface area contributed by atoms with E-state index in [2.05, 4.69) is 17.1 Å². The molecule has 1 aromatic carbocycles. The van der Waals surface area contributed by atoms with Crippen molar-refractivity contribution < 1.29 is 14.3 Å². The van der Waals surface area contributed by atoms with Gasteiger partial charge in [-0.3, -0.25) is 9.59 Å². The largest absolute Gasteiger partial charge is 0.497 e. The number of rotatable bonds is 5. The molecule has 1 heterocycles. The van der Waals surface area contributed by atoms with Crippen molar-refractivity contribution in [3.8, 4) is 5.75 Å². The zero-order valence-electron chi connectivity index (χ0n) is 13.9. The van der Waals surface area contributed by atoms with E-state index in [-0.39, 0.29) is 0 Å². The van der Waals surface area contributed by atoms with Crippen LogP contribution in [0.15, 0.2) is 24.3 Å². The summed E-state index contributed by atoms with van der Waals surface area (Å²) in [6.07, 6.45) is 0.667. The van der Waals surface area contributed by atoms with Gasteiger partial charge in [-0.1, -0.05) is 19.1 Å². The van der Waals surface area contributed by atoms with E-state index < -0.39 is 11.8 Å². The molecular weight excluding hydrogens is 294 g/mol. The molecule has 6 nitrogen and oxygen atoms in total. The van der Waals surface area contributed by atoms with Crippen molar-refractivity contribution in [1.29, 1.82) is 0 Å². The number of nitrogens with zero attached hydrogens (tertiary/aromatic N) is 2. The highest BCUT2D eigenvalue weighted by molar-refractivity contribution is 6.35. The van der Waals surface area contributed by atoms with Crippen LogP contribution >= 0.6 is 0 Å². The molecule has 1 fully saturated rings. The van der Waals surface area contributed by atoms with Crippen LogP contribution in [-0.2, 0) is 16.0 Å². The lowest BCUT2D eigenvalue weighted by Gasteiger charge is -2.33. The monoisotopic (exact) mass is 319 g/mol. The Labute approximate surface area is 137 Å². The van der Waals surface area contributed by atoms with Gasteiger partial charge in [-0.05, 0) is 30.7 Å². The number of benzene rings is 1. The predicted octanol–water partition coefficient (Wildman–Crippen LogP) is 0.518. The quantitative estimate of drug-likeness (QED) is 0.804. The predicted molar refractivity (Wildman–Crippen MR) is 88.4 cm³/mol. The van der Waals surface area contributed by atoms with Crippen molar-refractivity contribution in [2.45, 2.75) is 13.3 Å². The molecular formula is C17H25N3O3. The molecule has 0 saturated carbocycles. The van der Waals surface area contributed by atoms with Gasteiger partial charge in [0.1, 0.15) is 5.75 Å². The molecule has 1 N–H and O–H groups in total. The highest BCUT2D eigenvalue weighted by atomic mass is 16.5. The molecule has 0 unspecified atom stereocenters. The zero-order valence-corrected chi connectivity index (χ0v) is 13.9. The molecule has 2 rings (SSSR count). The van der Waals surface area contributed by atoms with Gasteiger partial charge in [0.25, 0.3) is 0 Å². The number of hydrogen-bond acceptors (Lipinski definition) is 4. The number of ether oxygens (including phenoxy) is 1. The molecule has 1 aliphatic heterocycles. The average Bonchev–Trinajstić information content (AvgIpc) is 2.61. The number of piperazine rings is 1. The van der Waals surface area contributed by atoms with Crippen LogP contribution in [-0.4, -0.2) is 68.0 Å². The number of hydrogen-bond donors (Lipinski definition) is 1. The Kier molecular flexibility index (Phi) is 6.40. The van der Waals surface area contributed by atoms with E-state index in [0.29, 0.717) is 26.1 Å². The van der Waals surface area contributed by atoms with E-state index in [0.717, 1.165) is 30.9 Å². The lowest BCUT2D eigenvalue weighted by Crippen LogP contribution is -2.52. The fourth-order valence-electron chi connectivity index (χ4n) is 2.63. The Morgan fingerprint density at radius 3 is 2.61 bits per heavy atom. The molecule has 6 heteroatoms. The Balaban J connectivity index is 1.75. The van der Waals surface area contributed by atoms with Gasteiger partial charge in [0.05, 0.1) is 7.11 Å². The van der Waals surface area contributed by atoms with E-state index in [1.807, 2.05) is 24.3 Å². The Morgan fingerprint density at radius 2 is 1.96 bits per heavy atom. The maximum Gasteiger partial charge on any atom is 0.311 e. The molecule has 0 bridgehead atoms. The second-order valence-electron chi connectivity index (χ2n) is 5.58. The number of carbonyl (C=O) groups is 2. The van der Waals surface area contributed by atoms with Gasteiger partial charge in [-0.2, -0.15) is 0 Å². The Hall–Kier alpha value is -2.08. The normalized spacial score (nSPS) is 15.3. The second-order valence-corrected chi connectivity index (χ2v) is 5.58. The third-order valence-electron chi connectivity index (χ3n) is 4.13. The molecule has 126 valence electrons. The molecule has 1 aromatic rings. The second kappa shape index (κ2) is 8.53. The molecule has 1 aliphatic rings. The molecule has 0 radical (unpaired) electrons. The maximum absolute atomic E-state index is 12.1. The van der Waals surface area contributed by atoms with E-state index in [1.165, 1.54) is 0 Å². The van der Waals surface area contributed by atoms with E-state index in [9.17, 15) is 9.59 Å². The zero-order chi connectivity index (χ0) is 16.7. The average molecular weight is 319 g/mol. The van der Waals surface area contributed by atoms with Crippen LogP contribution in [0.3, 0.4) is 0 Å². The number of nitrogens with one attached hydrogen (secondary N) is 1. The van der Waals surface area contributed by atoms with Crippen molar-refractivity contribution in [3.05, 3.63) is 29.8 Å². The molecule has 0 aliphatic carbocycles. The lowest BCUT2D eigenvalue weighted by molar-refractivity contribution is -0.146. The first-order valence-corrected chi connectivity index (χ1v) is 8.06. The summed E-state index contributed by atoms with van der Waals surface area (Å²) in [5, 5.41) is 2.71. The minimum absolute atomic E-state index is 0.425. The van der Waals surface area contributed by atoms with Gasteiger partial charge in [0, 0.05) is 32.7 Å². The summed E-state index contributed by atoms with van der Waals surface area (Å²) in [7, 11) is 1.62. The van der Waals surface area contributed by atoms with Gasteiger partial charge >= 0.3 is 11.8 Å². The minimum Gasteiger partial charge on any atom is -0.497 e. The summed E-state index contributed by atoms with van der Waals surface area (Å²) in [6.45, 7) is 6.43. The lowest BCUT2D eigenvalue weighted by atomic mass is 10.1. The van der Waals surface area contributed by atoms with Crippen molar-refractivity contribution in [3.63, 3.8) is 0 Å². The third kappa shape index (κ3) is 4.96. The number of amides is 2. The standard InChI is InChI=1S/C17H25N3O3/c1-3-19-9-11-20(12-10-19)17(22)16(21)18-8-7-14-5-4-6-15(13-14)23-2/h4-6,13H,3,7-12H2,1-2H3,(H,18,21). The van der Waals surface area contributed by atoms with Crippen LogP contribution in [0.1, 0.15) is 12.5 Å². The summed E-state index contributed by atoms with van der Waals surface area (Å²) >= 11 is 0. The smallest absolute Gasteiger partial charge is 0.311 e. The van der Waals surface area contributed by atoms with Gasteiger partial charge in [0.2, 0.25) is 0 Å². The van der Waals surface area contributed by atoms with Gasteiger partial charge in [-0.15, -0.1) is 0 Å².